The summed E-state index contributed by atoms with van der Waals surface area (Å²) in [6, 6.07) is 9.45. The molecular formula is C18H25N3O5. The second-order valence-electron chi connectivity index (χ2n) is 7.54. The van der Waals surface area contributed by atoms with Gasteiger partial charge in [-0.3, -0.25) is 0 Å². The Morgan fingerprint density at radius 1 is 1.04 bits per heavy atom. The molecule has 2 aromatic rings. The second-order valence-corrected chi connectivity index (χ2v) is 7.54. The molecule has 0 saturated carbocycles. The van der Waals surface area contributed by atoms with E-state index in [4.69, 9.17) is 4.74 Å². The van der Waals surface area contributed by atoms with E-state index < -0.39 is 37.1 Å². The van der Waals surface area contributed by atoms with Crippen LogP contribution in [0.1, 0.15) is 38.5 Å². The van der Waals surface area contributed by atoms with Gasteiger partial charge in [0, 0.05) is 5.41 Å². The first-order valence-electron chi connectivity index (χ1n) is 8.57. The minimum absolute atomic E-state index is 0.190. The average Bonchev–Trinajstić information content (AvgIpc) is 3.06. The fraction of sp³-hybridized carbons (Fsp3) is 0.556. The van der Waals surface area contributed by atoms with Crippen molar-refractivity contribution in [3.63, 3.8) is 0 Å². The molecule has 26 heavy (non-hydrogen) atoms. The van der Waals surface area contributed by atoms with Gasteiger partial charge >= 0.3 is 0 Å². The maximum absolute atomic E-state index is 10.3. The Balaban J connectivity index is 2.04. The molecular weight excluding hydrogens is 338 g/mol. The van der Waals surface area contributed by atoms with Crippen LogP contribution in [0.25, 0.3) is 5.69 Å². The summed E-state index contributed by atoms with van der Waals surface area (Å²) in [7, 11) is 0. The standard InChI is InChI=1S/C18H25N3O5/c1-18(2,3)17-19-16(20-21(17)10-7-5-4-6-8-10)15-14(25)13(24)12(23)11(9-22)26-15/h4-8,11-15,22-25H,9H2,1-3H3/t11-,12-,13+,14-,15-/m1/s1. The summed E-state index contributed by atoms with van der Waals surface area (Å²) >= 11 is 0. The van der Waals surface area contributed by atoms with Gasteiger partial charge in [-0.05, 0) is 12.1 Å². The van der Waals surface area contributed by atoms with Crippen molar-refractivity contribution in [3.8, 4) is 5.69 Å². The number of hydrogen-bond donors (Lipinski definition) is 4. The Morgan fingerprint density at radius 2 is 1.69 bits per heavy atom. The molecule has 4 N–H and O–H groups in total. The highest BCUT2D eigenvalue weighted by molar-refractivity contribution is 5.32. The van der Waals surface area contributed by atoms with E-state index in [9.17, 15) is 20.4 Å². The van der Waals surface area contributed by atoms with Gasteiger partial charge in [0.15, 0.2) is 5.82 Å². The molecule has 1 aromatic heterocycles. The lowest BCUT2D eigenvalue weighted by molar-refractivity contribution is -0.233. The monoisotopic (exact) mass is 363 g/mol. The average molecular weight is 363 g/mol. The van der Waals surface area contributed by atoms with Crippen molar-refractivity contribution in [1.82, 2.24) is 14.8 Å². The minimum atomic E-state index is -1.47. The first kappa shape index (κ1) is 18.9. The number of nitrogens with zero attached hydrogens (tertiary/aromatic N) is 3. The number of ether oxygens (including phenoxy) is 1. The summed E-state index contributed by atoms with van der Waals surface area (Å²) in [6.45, 7) is 5.49. The van der Waals surface area contributed by atoms with E-state index >= 15 is 0 Å². The van der Waals surface area contributed by atoms with Gasteiger partial charge in [-0.1, -0.05) is 39.0 Å². The van der Waals surface area contributed by atoms with Crippen LogP contribution >= 0.6 is 0 Å². The Kier molecular flexibility index (Phi) is 5.14. The van der Waals surface area contributed by atoms with Crippen molar-refractivity contribution in [2.24, 2.45) is 0 Å². The molecule has 0 amide bonds. The third-order valence-corrected chi connectivity index (χ3v) is 4.44. The van der Waals surface area contributed by atoms with Crippen LogP contribution in [-0.2, 0) is 10.2 Å². The van der Waals surface area contributed by atoms with Gasteiger partial charge in [0.1, 0.15) is 36.3 Å². The van der Waals surface area contributed by atoms with Crippen molar-refractivity contribution in [2.75, 3.05) is 6.61 Å². The molecule has 2 heterocycles. The molecule has 8 nitrogen and oxygen atoms in total. The van der Waals surface area contributed by atoms with Gasteiger partial charge < -0.3 is 25.2 Å². The van der Waals surface area contributed by atoms with Crippen molar-refractivity contribution >= 4 is 0 Å². The molecule has 1 aliphatic heterocycles. The Hall–Kier alpha value is -1.84. The van der Waals surface area contributed by atoms with Gasteiger partial charge in [0.05, 0.1) is 12.3 Å². The lowest BCUT2D eigenvalue weighted by Gasteiger charge is -2.38. The van der Waals surface area contributed by atoms with Gasteiger partial charge in [-0.2, -0.15) is 0 Å². The van der Waals surface area contributed by atoms with E-state index in [-0.39, 0.29) is 11.2 Å². The quantitative estimate of drug-likeness (QED) is 0.609. The molecule has 1 saturated heterocycles. The van der Waals surface area contributed by atoms with Crippen molar-refractivity contribution in [1.29, 1.82) is 0 Å². The maximum Gasteiger partial charge on any atom is 0.182 e. The third-order valence-electron chi connectivity index (χ3n) is 4.44. The summed E-state index contributed by atoms with van der Waals surface area (Å²) in [4.78, 5) is 4.55. The molecule has 3 rings (SSSR count). The van der Waals surface area contributed by atoms with E-state index in [2.05, 4.69) is 10.1 Å². The molecule has 0 bridgehead atoms. The normalized spacial score (nSPS) is 29.7. The summed E-state index contributed by atoms with van der Waals surface area (Å²) in [6.07, 6.45) is -6.35. The molecule has 0 spiro atoms. The zero-order valence-electron chi connectivity index (χ0n) is 15.0. The molecule has 0 radical (unpaired) electrons. The predicted octanol–water partition coefficient (Wildman–Crippen LogP) is 0.0797. The predicted molar refractivity (Wildman–Crippen MR) is 92.8 cm³/mol. The van der Waals surface area contributed by atoms with Gasteiger partial charge in [-0.15, -0.1) is 5.10 Å². The Labute approximate surface area is 151 Å². The molecule has 5 atom stereocenters. The van der Waals surface area contributed by atoms with Crippen molar-refractivity contribution < 1.29 is 25.2 Å². The number of aliphatic hydroxyl groups excluding tert-OH is 4. The summed E-state index contributed by atoms with van der Waals surface area (Å²) < 4.78 is 7.26. The topological polar surface area (TPSA) is 121 Å². The largest absolute Gasteiger partial charge is 0.394 e. The van der Waals surface area contributed by atoms with Crippen molar-refractivity contribution in [3.05, 3.63) is 42.0 Å². The fourth-order valence-corrected chi connectivity index (χ4v) is 3.00. The maximum atomic E-state index is 10.3. The number of rotatable bonds is 3. The van der Waals surface area contributed by atoms with E-state index in [0.29, 0.717) is 5.82 Å². The number of aromatic nitrogens is 3. The highest BCUT2D eigenvalue weighted by Crippen LogP contribution is 2.33. The molecule has 0 aliphatic carbocycles. The molecule has 1 fully saturated rings. The van der Waals surface area contributed by atoms with E-state index in [1.54, 1.807) is 4.68 Å². The highest BCUT2D eigenvalue weighted by atomic mass is 16.5. The summed E-state index contributed by atoms with van der Waals surface area (Å²) in [5, 5.41) is 44.2. The SMILES string of the molecule is CC(C)(C)c1nc([C@@H]2O[C@H](CO)[C@@H](O)[C@H](O)[C@H]2O)nn1-c1ccccc1. The van der Waals surface area contributed by atoms with Gasteiger partial charge in [0.2, 0.25) is 0 Å². The molecule has 1 aromatic carbocycles. The Bertz CT molecular complexity index is 741. The first-order chi connectivity index (χ1) is 12.2. The number of hydrogen-bond acceptors (Lipinski definition) is 7. The minimum Gasteiger partial charge on any atom is -0.394 e. The second kappa shape index (κ2) is 7.05. The van der Waals surface area contributed by atoms with Crippen LogP contribution in [0, 0.1) is 0 Å². The Morgan fingerprint density at radius 3 is 2.27 bits per heavy atom. The zero-order chi connectivity index (χ0) is 19.1. The lowest BCUT2D eigenvalue weighted by Crippen LogP contribution is -2.55. The summed E-state index contributed by atoms with van der Waals surface area (Å²) in [5.74, 6) is 0.853. The third kappa shape index (κ3) is 3.38. The van der Waals surface area contributed by atoms with E-state index in [0.717, 1.165) is 5.69 Å². The molecule has 0 unspecified atom stereocenters. The van der Waals surface area contributed by atoms with Crippen LogP contribution in [0.2, 0.25) is 0 Å². The van der Waals surface area contributed by atoms with E-state index in [1.165, 1.54) is 0 Å². The van der Waals surface area contributed by atoms with Crippen LogP contribution in [0.3, 0.4) is 0 Å². The number of aliphatic hydroxyl groups is 4. The zero-order valence-corrected chi connectivity index (χ0v) is 15.0. The number of benzene rings is 1. The first-order valence-corrected chi connectivity index (χ1v) is 8.57. The van der Waals surface area contributed by atoms with Gasteiger partial charge in [-0.25, -0.2) is 9.67 Å². The molecule has 8 heteroatoms. The van der Waals surface area contributed by atoms with Crippen molar-refractivity contribution in [2.45, 2.75) is 56.7 Å². The van der Waals surface area contributed by atoms with Crippen LogP contribution in [0.15, 0.2) is 30.3 Å². The van der Waals surface area contributed by atoms with Crippen LogP contribution in [-0.4, -0.2) is 66.2 Å². The lowest BCUT2D eigenvalue weighted by atomic mass is 9.94. The summed E-state index contributed by atoms with van der Waals surface area (Å²) in [5.41, 5.74) is 0.468. The molecule has 1 aliphatic rings. The fourth-order valence-electron chi connectivity index (χ4n) is 3.00. The van der Waals surface area contributed by atoms with Crippen LogP contribution in [0.5, 0.6) is 0 Å². The molecule has 142 valence electrons. The van der Waals surface area contributed by atoms with Crippen LogP contribution in [0.4, 0.5) is 0 Å². The van der Waals surface area contributed by atoms with Gasteiger partial charge in [0.25, 0.3) is 0 Å². The number of para-hydroxylation sites is 1. The highest BCUT2D eigenvalue weighted by Gasteiger charge is 2.46. The van der Waals surface area contributed by atoms with Crippen LogP contribution < -0.4 is 0 Å². The van der Waals surface area contributed by atoms with E-state index in [1.807, 2.05) is 51.1 Å². The smallest absolute Gasteiger partial charge is 0.182 e.